The Bertz CT molecular complexity index is 1580. The molecule has 0 saturated carbocycles. The van der Waals surface area contributed by atoms with Crippen LogP contribution in [0.3, 0.4) is 0 Å². The molecule has 35 heavy (non-hydrogen) atoms. The first kappa shape index (κ1) is 22.3. The van der Waals surface area contributed by atoms with Crippen molar-refractivity contribution in [3.05, 3.63) is 107 Å². The predicted molar refractivity (Wildman–Crippen MR) is 134 cm³/mol. The van der Waals surface area contributed by atoms with Gasteiger partial charge in [0.05, 0.1) is 19.6 Å². The Balaban J connectivity index is 1.39. The quantitative estimate of drug-likeness (QED) is 0.144. The zero-order valence-corrected chi connectivity index (χ0v) is 19.5. The van der Waals surface area contributed by atoms with E-state index in [9.17, 15) is 4.79 Å². The zero-order valence-electron chi connectivity index (χ0n) is 18.7. The standard InChI is InChI=1S/C26H20N4O4S/c1-32-23-14-17(11-12-21(23)34-25(31)22-10-5-13-33-22)16-27-30-24(28-29-26(30)35)15-19-8-4-7-18-6-2-3-9-20(18)19/h2-14,16H,15H2,1H3,(H,29,35). The number of ether oxygens (including phenoxy) is 2. The number of nitrogens with one attached hydrogen (secondary N) is 1. The molecule has 8 nitrogen and oxygen atoms in total. The number of aromatic amines is 1. The SMILES string of the molecule is COc1cc(C=Nn2c(Cc3cccc4ccccc34)n[nH]c2=S)ccc1OC(=O)c1ccco1. The summed E-state index contributed by atoms with van der Waals surface area (Å²) < 4.78 is 17.8. The average Bonchev–Trinajstić information content (AvgIpc) is 3.54. The fourth-order valence-electron chi connectivity index (χ4n) is 3.69. The van der Waals surface area contributed by atoms with Crippen molar-refractivity contribution in [1.29, 1.82) is 0 Å². The fourth-order valence-corrected chi connectivity index (χ4v) is 3.89. The number of furan rings is 1. The molecule has 0 aliphatic heterocycles. The zero-order chi connectivity index (χ0) is 24.2. The number of rotatable bonds is 7. The normalized spacial score (nSPS) is 11.2. The molecule has 0 bridgehead atoms. The van der Waals surface area contributed by atoms with E-state index in [4.69, 9.17) is 26.1 Å². The summed E-state index contributed by atoms with van der Waals surface area (Å²) in [6.45, 7) is 0. The van der Waals surface area contributed by atoms with Crippen LogP contribution in [0.15, 0.2) is 88.6 Å². The first-order valence-electron chi connectivity index (χ1n) is 10.7. The molecule has 5 aromatic rings. The van der Waals surface area contributed by atoms with Gasteiger partial charge in [0.2, 0.25) is 10.5 Å². The van der Waals surface area contributed by atoms with Crippen LogP contribution in [0.25, 0.3) is 10.8 Å². The molecule has 0 amide bonds. The third kappa shape index (κ3) is 4.75. The van der Waals surface area contributed by atoms with Crippen molar-refractivity contribution in [3.8, 4) is 11.5 Å². The maximum Gasteiger partial charge on any atom is 0.379 e. The molecule has 0 aliphatic carbocycles. The molecule has 2 aromatic heterocycles. The molecule has 0 atom stereocenters. The molecule has 0 aliphatic rings. The summed E-state index contributed by atoms with van der Waals surface area (Å²) in [7, 11) is 1.49. The summed E-state index contributed by atoms with van der Waals surface area (Å²) >= 11 is 5.40. The Kier molecular flexibility index (Phi) is 6.23. The lowest BCUT2D eigenvalue weighted by atomic mass is 10.0. The minimum atomic E-state index is -0.613. The van der Waals surface area contributed by atoms with Gasteiger partial charge in [0.15, 0.2) is 17.3 Å². The number of nitrogens with zero attached hydrogens (tertiary/aromatic N) is 3. The van der Waals surface area contributed by atoms with Gasteiger partial charge in [-0.05, 0) is 64.4 Å². The summed E-state index contributed by atoms with van der Waals surface area (Å²) in [4.78, 5) is 12.2. The van der Waals surface area contributed by atoms with E-state index in [0.717, 1.165) is 21.9 Å². The molecule has 9 heteroatoms. The van der Waals surface area contributed by atoms with Crippen LogP contribution in [0, 0.1) is 4.77 Å². The topological polar surface area (TPSA) is 94.6 Å². The van der Waals surface area contributed by atoms with Gasteiger partial charge in [0, 0.05) is 6.42 Å². The number of H-pyrrole nitrogens is 1. The van der Waals surface area contributed by atoms with Gasteiger partial charge in [-0.15, -0.1) is 0 Å². The molecule has 0 fully saturated rings. The van der Waals surface area contributed by atoms with Gasteiger partial charge >= 0.3 is 5.97 Å². The average molecular weight is 485 g/mol. The molecule has 0 unspecified atom stereocenters. The maximum absolute atomic E-state index is 12.2. The summed E-state index contributed by atoms with van der Waals surface area (Å²) in [6, 6.07) is 22.6. The van der Waals surface area contributed by atoms with Crippen molar-refractivity contribution in [2.75, 3.05) is 7.11 Å². The highest BCUT2D eigenvalue weighted by Gasteiger charge is 2.15. The molecule has 0 spiro atoms. The van der Waals surface area contributed by atoms with Gasteiger partial charge in [-0.3, -0.25) is 5.10 Å². The third-order valence-corrected chi connectivity index (χ3v) is 5.65. The highest BCUT2D eigenvalue weighted by Crippen LogP contribution is 2.28. The molecular formula is C26H20N4O4S. The van der Waals surface area contributed by atoms with E-state index in [1.165, 1.54) is 19.4 Å². The van der Waals surface area contributed by atoms with Crippen molar-refractivity contribution in [3.63, 3.8) is 0 Å². The van der Waals surface area contributed by atoms with E-state index < -0.39 is 5.97 Å². The van der Waals surface area contributed by atoms with E-state index in [1.807, 2.05) is 18.2 Å². The number of carbonyl (C=O) groups is 1. The maximum atomic E-state index is 12.2. The number of methoxy groups -OCH3 is 1. The first-order valence-corrected chi connectivity index (χ1v) is 11.1. The predicted octanol–water partition coefficient (Wildman–Crippen LogP) is 5.39. The number of aromatic nitrogens is 3. The molecule has 174 valence electrons. The number of esters is 1. The number of benzene rings is 3. The molecule has 2 heterocycles. The third-order valence-electron chi connectivity index (χ3n) is 5.38. The van der Waals surface area contributed by atoms with Crippen molar-refractivity contribution < 1.29 is 18.7 Å². The fraction of sp³-hybridized carbons (Fsp3) is 0.0769. The molecular weight excluding hydrogens is 464 g/mol. The highest BCUT2D eigenvalue weighted by atomic mass is 32.1. The lowest BCUT2D eigenvalue weighted by Crippen LogP contribution is -2.08. The van der Waals surface area contributed by atoms with Gasteiger partial charge in [-0.25, -0.2) is 4.79 Å². The summed E-state index contributed by atoms with van der Waals surface area (Å²) in [5.74, 6) is 0.810. The van der Waals surface area contributed by atoms with Crippen LogP contribution in [-0.2, 0) is 6.42 Å². The highest BCUT2D eigenvalue weighted by molar-refractivity contribution is 7.71. The minimum absolute atomic E-state index is 0.103. The molecule has 0 saturated heterocycles. The van der Waals surface area contributed by atoms with Gasteiger partial charge in [0.25, 0.3) is 0 Å². The van der Waals surface area contributed by atoms with Crippen LogP contribution in [0.4, 0.5) is 0 Å². The Morgan fingerprint density at radius 2 is 1.97 bits per heavy atom. The second-order valence-corrected chi connectivity index (χ2v) is 7.98. The Morgan fingerprint density at radius 3 is 2.80 bits per heavy atom. The number of hydrogen-bond donors (Lipinski definition) is 1. The van der Waals surface area contributed by atoms with Crippen LogP contribution in [-0.4, -0.2) is 34.2 Å². The summed E-state index contributed by atoms with van der Waals surface area (Å²) in [6.07, 6.45) is 3.60. The Labute approximate surface area is 205 Å². The van der Waals surface area contributed by atoms with E-state index in [2.05, 4.69) is 39.6 Å². The molecule has 0 radical (unpaired) electrons. The minimum Gasteiger partial charge on any atom is -0.493 e. The van der Waals surface area contributed by atoms with Crippen LogP contribution in [0.5, 0.6) is 11.5 Å². The monoisotopic (exact) mass is 484 g/mol. The Hall–Kier alpha value is -4.50. The largest absolute Gasteiger partial charge is 0.493 e. The van der Waals surface area contributed by atoms with Crippen LogP contribution in [0.2, 0.25) is 0 Å². The van der Waals surface area contributed by atoms with Crippen LogP contribution < -0.4 is 9.47 Å². The number of fused-ring (bicyclic) bond motifs is 1. The molecule has 1 N–H and O–H groups in total. The van der Waals surface area contributed by atoms with Gasteiger partial charge in [-0.2, -0.15) is 14.9 Å². The van der Waals surface area contributed by atoms with E-state index in [-0.39, 0.29) is 11.5 Å². The van der Waals surface area contributed by atoms with Crippen molar-refractivity contribution in [2.45, 2.75) is 6.42 Å². The Morgan fingerprint density at radius 1 is 1.11 bits per heavy atom. The first-order chi connectivity index (χ1) is 17.1. The lowest BCUT2D eigenvalue weighted by molar-refractivity contribution is 0.0696. The van der Waals surface area contributed by atoms with E-state index in [0.29, 0.717) is 22.8 Å². The second-order valence-electron chi connectivity index (χ2n) is 7.59. The van der Waals surface area contributed by atoms with Gasteiger partial charge < -0.3 is 13.9 Å². The van der Waals surface area contributed by atoms with Gasteiger partial charge in [-0.1, -0.05) is 42.5 Å². The van der Waals surface area contributed by atoms with Crippen LogP contribution in [0.1, 0.15) is 27.5 Å². The second kappa shape index (κ2) is 9.78. The number of hydrogen-bond acceptors (Lipinski definition) is 7. The lowest BCUT2D eigenvalue weighted by Gasteiger charge is -2.09. The van der Waals surface area contributed by atoms with Crippen molar-refractivity contribution >= 4 is 35.2 Å². The molecule has 5 rings (SSSR count). The van der Waals surface area contributed by atoms with Crippen LogP contribution >= 0.6 is 12.2 Å². The smallest absolute Gasteiger partial charge is 0.379 e. The van der Waals surface area contributed by atoms with E-state index >= 15 is 0 Å². The molecule has 3 aromatic carbocycles. The van der Waals surface area contributed by atoms with Gasteiger partial charge in [0.1, 0.15) is 0 Å². The summed E-state index contributed by atoms with van der Waals surface area (Å²) in [5.41, 5.74) is 1.84. The van der Waals surface area contributed by atoms with E-state index in [1.54, 1.807) is 35.2 Å². The van der Waals surface area contributed by atoms with Crippen molar-refractivity contribution in [2.24, 2.45) is 5.10 Å². The summed E-state index contributed by atoms with van der Waals surface area (Å²) in [5, 5.41) is 14.0. The number of carbonyl (C=O) groups excluding carboxylic acids is 1. The van der Waals surface area contributed by atoms with Crippen molar-refractivity contribution in [1.82, 2.24) is 14.9 Å².